The first-order chi connectivity index (χ1) is 3.90. The Hall–Kier alpha value is -0.310. The second kappa shape index (κ2) is 1.40. The number of hydrogen-bond donors (Lipinski definition) is 1. The van der Waals surface area contributed by atoms with Gasteiger partial charge >= 0.3 is 5.97 Å². The second-order valence-corrected chi connectivity index (χ2v) is 3.12. The zero-order valence-electron chi connectivity index (χ0n) is 4.82. The molecule has 1 aliphatic carbocycles. The van der Waals surface area contributed by atoms with Crippen molar-refractivity contribution in [3.05, 3.63) is 0 Å². The van der Waals surface area contributed by atoms with E-state index >= 15 is 0 Å². The van der Waals surface area contributed by atoms with Gasteiger partial charge in [-0.25, -0.2) is 4.39 Å². The number of carboxylic acid groups (broad SMARTS) is 1. The quantitative estimate of drug-likeness (QED) is 0.577. The minimum atomic E-state index is -2.00. The van der Waals surface area contributed by atoms with Crippen LogP contribution in [0, 0.1) is 5.41 Å². The zero-order valence-corrected chi connectivity index (χ0v) is 5.57. The molecule has 1 fully saturated rings. The van der Waals surface area contributed by atoms with Gasteiger partial charge in [0, 0.05) is 6.42 Å². The molecular weight excluding hydrogens is 147 g/mol. The van der Waals surface area contributed by atoms with Gasteiger partial charge in [-0.1, -0.05) is 11.6 Å². The zero-order chi connectivity index (χ0) is 7.28. The molecule has 0 radical (unpaired) electrons. The SMILES string of the molecule is C[C@@]1(C(=O)O)C[C@]1(F)Cl. The van der Waals surface area contributed by atoms with Crippen LogP contribution in [-0.4, -0.2) is 16.2 Å². The summed E-state index contributed by atoms with van der Waals surface area (Å²) in [5.41, 5.74) is -1.34. The van der Waals surface area contributed by atoms with E-state index in [1.54, 1.807) is 0 Å². The summed E-state index contributed by atoms with van der Waals surface area (Å²) < 4.78 is 12.5. The predicted octanol–water partition coefficient (Wildman–Crippen LogP) is 1.39. The normalized spacial score (nSPS) is 48.8. The lowest BCUT2D eigenvalue weighted by atomic mass is 10.1. The van der Waals surface area contributed by atoms with Crippen LogP contribution in [0.25, 0.3) is 0 Å². The topological polar surface area (TPSA) is 37.3 Å². The largest absolute Gasteiger partial charge is 0.481 e. The third kappa shape index (κ3) is 0.713. The summed E-state index contributed by atoms with van der Waals surface area (Å²) >= 11 is 5.10. The Morgan fingerprint density at radius 1 is 1.89 bits per heavy atom. The fourth-order valence-corrected chi connectivity index (χ4v) is 0.980. The van der Waals surface area contributed by atoms with Crippen molar-refractivity contribution < 1.29 is 14.3 Å². The third-order valence-corrected chi connectivity index (χ3v) is 2.28. The second-order valence-electron chi connectivity index (χ2n) is 2.52. The van der Waals surface area contributed by atoms with Crippen LogP contribution in [-0.2, 0) is 4.79 Å². The van der Waals surface area contributed by atoms with Crippen LogP contribution in [0.4, 0.5) is 4.39 Å². The van der Waals surface area contributed by atoms with Crippen LogP contribution in [0.1, 0.15) is 13.3 Å². The maximum atomic E-state index is 12.5. The first kappa shape index (κ1) is 6.81. The van der Waals surface area contributed by atoms with Gasteiger partial charge in [0.25, 0.3) is 0 Å². The highest BCUT2D eigenvalue weighted by molar-refractivity contribution is 6.27. The minimum Gasteiger partial charge on any atom is -0.481 e. The summed E-state index contributed by atoms with van der Waals surface area (Å²) in [6.45, 7) is 1.29. The lowest BCUT2D eigenvalue weighted by Gasteiger charge is -2.01. The third-order valence-electron chi connectivity index (χ3n) is 1.73. The lowest BCUT2D eigenvalue weighted by Crippen LogP contribution is -2.17. The van der Waals surface area contributed by atoms with Crippen LogP contribution >= 0.6 is 11.6 Å². The van der Waals surface area contributed by atoms with E-state index in [0.29, 0.717) is 0 Å². The highest BCUT2D eigenvalue weighted by Gasteiger charge is 2.70. The molecule has 4 heteroatoms. The molecule has 0 aromatic carbocycles. The number of alkyl halides is 2. The average molecular weight is 153 g/mol. The smallest absolute Gasteiger partial charge is 0.314 e. The van der Waals surface area contributed by atoms with E-state index in [2.05, 4.69) is 0 Å². The van der Waals surface area contributed by atoms with E-state index in [9.17, 15) is 9.18 Å². The van der Waals surface area contributed by atoms with E-state index < -0.39 is 16.5 Å². The van der Waals surface area contributed by atoms with Gasteiger partial charge in [-0.05, 0) is 6.92 Å². The highest BCUT2D eigenvalue weighted by Crippen LogP contribution is 2.61. The van der Waals surface area contributed by atoms with Gasteiger partial charge in [0.15, 0.2) is 0 Å². The number of carboxylic acids is 1. The van der Waals surface area contributed by atoms with Crippen molar-refractivity contribution in [1.82, 2.24) is 0 Å². The maximum absolute atomic E-state index is 12.5. The fourth-order valence-electron chi connectivity index (χ4n) is 0.632. The Morgan fingerprint density at radius 3 is 2.22 bits per heavy atom. The van der Waals surface area contributed by atoms with Crippen molar-refractivity contribution in [3.63, 3.8) is 0 Å². The molecular formula is C5H6ClFO2. The lowest BCUT2D eigenvalue weighted by molar-refractivity contribution is -0.143. The summed E-state index contributed by atoms with van der Waals surface area (Å²) in [5, 5.41) is 6.32. The molecule has 52 valence electrons. The van der Waals surface area contributed by atoms with E-state index in [4.69, 9.17) is 16.7 Å². The van der Waals surface area contributed by atoms with Crippen LogP contribution in [0.3, 0.4) is 0 Å². The van der Waals surface area contributed by atoms with Crippen LogP contribution in [0.5, 0.6) is 0 Å². The van der Waals surface area contributed by atoms with Crippen molar-refractivity contribution in [3.8, 4) is 0 Å². The molecule has 1 rings (SSSR count). The molecule has 0 aromatic rings. The molecule has 0 spiro atoms. The van der Waals surface area contributed by atoms with Gasteiger partial charge in [0.2, 0.25) is 5.13 Å². The first-order valence-electron chi connectivity index (χ1n) is 2.51. The van der Waals surface area contributed by atoms with Crippen molar-refractivity contribution in [2.75, 3.05) is 0 Å². The van der Waals surface area contributed by atoms with Gasteiger partial charge in [-0.3, -0.25) is 4.79 Å². The predicted molar refractivity (Wildman–Crippen MR) is 30.1 cm³/mol. The molecule has 0 amide bonds. The first-order valence-corrected chi connectivity index (χ1v) is 2.89. The average Bonchev–Trinajstić information content (AvgIpc) is 2.08. The van der Waals surface area contributed by atoms with Crippen LogP contribution in [0.15, 0.2) is 0 Å². The fraction of sp³-hybridized carbons (Fsp3) is 0.800. The molecule has 0 saturated heterocycles. The van der Waals surface area contributed by atoms with Crippen molar-refractivity contribution >= 4 is 17.6 Å². The van der Waals surface area contributed by atoms with E-state index in [1.807, 2.05) is 0 Å². The number of rotatable bonds is 1. The molecule has 1 N–H and O–H groups in total. The highest BCUT2D eigenvalue weighted by atomic mass is 35.5. The number of aliphatic carboxylic acids is 1. The molecule has 1 aliphatic rings. The Kier molecular flexibility index (Phi) is 1.06. The minimum absolute atomic E-state index is 0.0864. The van der Waals surface area contributed by atoms with Crippen LogP contribution in [0.2, 0.25) is 0 Å². The molecule has 2 nitrogen and oxygen atoms in total. The Balaban J connectivity index is 2.74. The van der Waals surface area contributed by atoms with E-state index in [0.717, 1.165) is 0 Å². The summed E-state index contributed by atoms with van der Waals surface area (Å²) in [6.07, 6.45) is -0.0864. The summed E-state index contributed by atoms with van der Waals surface area (Å²) in [4.78, 5) is 10.2. The van der Waals surface area contributed by atoms with E-state index in [1.165, 1.54) is 6.92 Å². The van der Waals surface area contributed by atoms with Gasteiger partial charge in [-0.2, -0.15) is 0 Å². The van der Waals surface area contributed by atoms with Gasteiger partial charge < -0.3 is 5.11 Å². The van der Waals surface area contributed by atoms with Crippen molar-refractivity contribution in [2.24, 2.45) is 5.41 Å². The number of halogens is 2. The summed E-state index contributed by atoms with van der Waals surface area (Å²) in [5.74, 6) is -1.17. The Labute approximate surface area is 56.6 Å². The van der Waals surface area contributed by atoms with Gasteiger partial charge in [-0.15, -0.1) is 0 Å². The monoisotopic (exact) mass is 152 g/mol. The summed E-state index contributed by atoms with van der Waals surface area (Å²) in [7, 11) is 0. The molecule has 0 bridgehead atoms. The van der Waals surface area contributed by atoms with Crippen molar-refractivity contribution in [2.45, 2.75) is 18.5 Å². The molecule has 1 saturated carbocycles. The van der Waals surface area contributed by atoms with Gasteiger partial charge in [0.05, 0.1) is 0 Å². The van der Waals surface area contributed by atoms with Crippen molar-refractivity contribution in [1.29, 1.82) is 0 Å². The molecule has 2 atom stereocenters. The molecule has 9 heavy (non-hydrogen) atoms. The van der Waals surface area contributed by atoms with Crippen LogP contribution < -0.4 is 0 Å². The molecule has 0 heterocycles. The molecule has 0 aromatic heterocycles. The Morgan fingerprint density at radius 2 is 2.22 bits per heavy atom. The molecule has 0 aliphatic heterocycles. The van der Waals surface area contributed by atoms with Gasteiger partial charge in [0.1, 0.15) is 5.41 Å². The summed E-state index contributed by atoms with van der Waals surface area (Å²) in [6, 6.07) is 0. The maximum Gasteiger partial charge on any atom is 0.314 e. The number of hydrogen-bond acceptors (Lipinski definition) is 1. The van der Waals surface area contributed by atoms with E-state index in [-0.39, 0.29) is 6.42 Å². The number of carbonyl (C=O) groups is 1. The molecule has 0 unspecified atom stereocenters. The Bertz CT molecular complexity index is 168. The standard InChI is InChI=1S/C5H6ClFO2/c1-4(3(8)9)2-5(4,6)7/h2H2,1H3,(H,8,9)/t4-,5+/m0/s1.